The van der Waals surface area contributed by atoms with Crippen molar-refractivity contribution in [2.75, 3.05) is 7.11 Å². The predicted octanol–water partition coefficient (Wildman–Crippen LogP) is 4.18. The highest BCUT2D eigenvalue weighted by molar-refractivity contribution is 5.07. The standard InChI is InChI=1S/C14H26O/c1-6-12(4)13(15-5)14(9-10-14)8-7-11(2)3/h7,12-13H,6,8-10H2,1-5H3/t12-,13-/m1/s1. The summed E-state index contributed by atoms with van der Waals surface area (Å²) in [5, 5.41) is 0. The van der Waals surface area contributed by atoms with Crippen LogP contribution >= 0.6 is 0 Å². The Labute approximate surface area is 94.9 Å². The molecule has 0 spiro atoms. The van der Waals surface area contributed by atoms with Crippen LogP contribution in [-0.2, 0) is 4.74 Å². The highest BCUT2D eigenvalue weighted by Crippen LogP contribution is 2.55. The first kappa shape index (κ1) is 12.8. The summed E-state index contributed by atoms with van der Waals surface area (Å²) < 4.78 is 5.73. The smallest absolute Gasteiger partial charge is 0.0655 e. The molecular weight excluding hydrogens is 184 g/mol. The number of methoxy groups -OCH3 is 1. The Bertz CT molecular complexity index is 221. The fraction of sp³-hybridized carbons (Fsp3) is 0.857. The highest BCUT2D eigenvalue weighted by atomic mass is 16.5. The Kier molecular flexibility index (Phi) is 4.39. The van der Waals surface area contributed by atoms with Crippen molar-refractivity contribution in [1.29, 1.82) is 0 Å². The predicted molar refractivity (Wildman–Crippen MR) is 66.0 cm³/mol. The molecule has 0 aliphatic heterocycles. The molecule has 0 amide bonds. The summed E-state index contributed by atoms with van der Waals surface area (Å²) in [5.41, 5.74) is 1.90. The van der Waals surface area contributed by atoms with E-state index >= 15 is 0 Å². The average molecular weight is 210 g/mol. The first-order valence-electron chi connectivity index (χ1n) is 6.22. The lowest BCUT2D eigenvalue weighted by atomic mass is 9.85. The minimum absolute atomic E-state index is 0.457. The normalized spacial score (nSPS) is 21.9. The van der Waals surface area contributed by atoms with E-state index in [1.807, 2.05) is 7.11 Å². The summed E-state index contributed by atoms with van der Waals surface area (Å²) in [6, 6.07) is 0. The first-order valence-corrected chi connectivity index (χ1v) is 6.22. The van der Waals surface area contributed by atoms with Crippen molar-refractivity contribution in [2.24, 2.45) is 11.3 Å². The van der Waals surface area contributed by atoms with Gasteiger partial charge in [-0.1, -0.05) is 31.9 Å². The van der Waals surface area contributed by atoms with Gasteiger partial charge in [0.1, 0.15) is 0 Å². The van der Waals surface area contributed by atoms with Crippen LogP contribution in [-0.4, -0.2) is 13.2 Å². The molecule has 2 atom stereocenters. The number of ether oxygens (including phenoxy) is 1. The van der Waals surface area contributed by atoms with Crippen LogP contribution in [0.3, 0.4) is 0 Å². The molecule has 0 saturated heterocycles. The van der Waals surface area contributed by atoms with Crippen LogP contribution in [0.25, 0.3) is 0 Å². The molecule has 0 aromatic rings. The second-order valence-corrected chi connectivity index (χ2v) is 5.39. The van der Waals surface area contributed by atoms with Crippen molar-refractivity contribution in [2.45, 2.75) is 59.5 Å². The van der Waals surface area contributed by atoms with Gasteiger partial charge in [-0.2, -0.15) is 0 Å². The Morgan fingerprint density at radius 2 is 2.00 bits per heavy atom. The fourth-order valence-corrected chi connectivity index (χ4v) is 2.47. The van der Waals surface area contributed by atoms with Crippen LogP contribution in [0.4, 0.5) is 0 Å². The van der Waals surface area contributed by atoms with Gasteiger partial charge < -0.3 is 4.74 Å². The van der Waals surface area contributed by atoms with Gasteiger partial charge in [-0.05, 0) is 39.0 Å². The summed E-state index contributed by atoms with van der Waals surface area (Å²) in [4.78, 5) is 0. The quantitative estimate of drug-likeness (QED) is 0.597. The van der Waals surface area contributed by atoms with E-state index in [0.29, 0.717) is 17.4 Å². The molecule has 1 saturated carbocycles. The maximum absolute atomic E-state index is 5.73. The molecule has 0 unspecified atom stereocenters. The molecule has 88 valence electrons. The van der Waals surface area contributed by atoms with Crippen LogP contribution in [0.1, 0.15) is 53.4 Å². The molecular formula is C14H26O. The van der Waals surface area contributed by atoms with Crippen LogP contribution in [0.5, 0.6) is 0 Å². The van der Waals surface area contributed by atoms with Crippen molar-refractivity contribution in [3.05, 3.63) is 11.6 Å². The first-order chi connectivity index (χ1) is 7.05. The molecule has 0 aromatic heterocycles. The van der Waals surface area contributed by atoms with Crippen LogP contribution in [0.15, 0.2) is 11.6 Å². The zero-order chi connectivity index (χ0) is 11.5. The third kappa shape index (κ3) is 3.07. The topological polar surface area (TPSA) is 9.23 Å². The van der Waals surface area contributed by atoms with Crippen molar-refractivity contribution >= 4 is 0 Å². The second-order valence-electron chi connectivity index (χ2n) is 5.39. The van der Waals surface area contributed by atoms with E-state index in [2.05, 4.69) is 33.8 Å². The Hall–Kier alpha value is -0.300. The molecule has 1 nitrogen and oxygen atoms in total. The average Bonchev–Trinajstić information content (AvgIpc) is 2.97. The minimum Gasteiger partial charge on any atom is -0.381 e. The molecule has 0 aromatic carbocycles. The number of hydrogen-bond acceptors (Lipinski definition) is 1. The maximum Gasteiger partial charge on any atom is 0.0655 e. The molecule has 0 N–H and O–H groups in total. The lowest BCUT2D eigenvalue weighted by molar-refractivity contribution is -0.000511. The zero-order valence-electron chi connectivity index (χ0n) is 11.0. The highest BCUT2D eigenvalue weighted by Gasteiger charge is 2.50. The number of hydrogen-bond donors (Lipinski definition) is 0. The van der Waals surface area contributed by atoms with Crippen LogP contribution < -0.4 is 0 Å². The lowest BCUT2D eigenvalue weighted by Gasteiger charge is -2.30. The third-order valence-corrected chi connectivity index (χ3v) is 3.83. The van der Waals surface area contributed by atoms with Crippen molar-refractivity contribution in [3.8, 4) is 0 Å². The van der Waals surface area contributed by atoms with E-state index in [0.717, 1.165) is 0 Å². The summed E-state index contributed by atoms with van der Waals surface area (Å²) in [6.45, 7) is 8.94. The van der Waals surface area contributed by atoms with E-state index in [-0.39, 0.29) is 0 Å². The Balaban J connectivity index is 2.62. The van der Waals surface area contributed by atoms with Gasteiger partial charge in [-0.3, -0.25) is 0 Å². The minimum atomic E-state index is 0.457. The number of allylic oxidation sites excluding steroid dienone is 2. The third-order valence-electron chi connectivity index (χ3n) is 3.83. The maximum atomic E-state index is 5.73. The SMILES string of the molecule is CC[C@@H](C)[C@@H](OC)C1(CC=C(C)C)CC1. The van der Waals surface area contributed by atoms with Gasteiger partial charge in [0, 0.05) is 12.5 Å². The summed E-state index contributed by atoms with van der Waals surface area (Å²) in [5.74, 6) is 0.683. The Morgan fingerprint density at radius 3 is 2.33 bits per heavy atom. The summed E-state index contributed by atoms with van der Waals surface area (Å²) >= 11 is 0. The van der Waals surface area contributed by atoms with E-state index in [4.69, 9.17) is 4.74 Å². The van der Waals surface area contributed by atoms with Crippen molar-refractivity contribution < 1.29 is 4.74 Å². The zero-order valence-corrected chi connectivity index (χ0v) is 11.0. The van der Waals surface area contributed by atoms with E-state index in [1.165, 1.54) is 31.3 Å². The largest absolute Gasteiger partial charge is 0.381 e. The van der Waals surface area contributed by atoms with Crippen molar-refractivity contribution in [1.82, 2.24) is 0 Å². The second kappa shape index (κ2) is 5.16. The van der Waals surface area contributed by atoms with Crippen LogP contribution in [0.2, 0.25) is 0 Å². The van der Waals surface area contributed by atoms with Gasteiger partial charge >= 0.3 is 0 Å². The van der Waals surface area contributed by atoms with Gasteiger partial charge in [0.15, 0.2) is 0 Å². The van der Waals surface area contributed by atoms with E-state index in [1.54, 1.807) is 0 Å². The lowest BCUT2D eigenvalue weighted by Crippen LogP contribution is -2.30. The molecule has 0 bridgehead atoms. The fourth-order valence-electron chi connectivity index (χ4n) is 2.47. The van der Waals surface area contributed by atoms with Gasteiger partial charge in [0.2, 0.25) is 0 Å². The van der Waals surface area contributed by atoms with E-state index < -0.39 is 0 Å². The van der Waals surface area contributed by atoms with Crippen LogP contribution in [0, 0.1) is 11.3 Å². The van der Waals surface area contributed by atoms with Gasteiger partial charge in [0.05, 0.1) is 6.10 Å². The molecule has 1 fully saturated rings. The van der Waals surface area contributed by atoms with Gasteiger partial charge in [-0.25, -0.2) is 0 Å². The Morgan fingerprint density at radius 1 is 1.40 bits per heavy atom. The van der Waals surface area contributed by atoms with Gasteiger partial charge in [-0.15, -0.1) is 0 Å². The monoisotopic (exact) mass is 210 g/mol. The summed E-state index contributed by atoms with van der Waals surface area (Å²) in [6.07, 6.45) is 7.95. The number of rotatable bonds is 6. The van der Waals surface area contributed by atoms with Crippen molar-refractivity contribution in [3.63, 3.8) is 0 Å². The molecule has 1 rings (SSSR count). The van der Waals surface area contributed by atoms with E-state index in [9.17, 15) is 0 Å². The van der Waals surface area contributed by atoms with Gasteiger partial charge in [0.25, 0.3) is 0 Å². The molecule has 0 heterocycles. The molecule has 0 radical (unpaired) electrons. The molecule has 1 heteroatoms. The summed E-state index contributed by atoms with van der Waals surface area (Å²) in [7, 11) is 1.87. The molecule has 1 aliphatic carbocycles. The molecule has 1 aliphatic rings. The molecule has 15 heavy (non-hydrogen) atoms.